The van der Waals surface area contributed by atoms with Crippen molar-refractivity contribution in [3.63, 3.8) is 0 Å². The molecule has 0 aliphatic carbocycles. The van der Waals surface area contributed by atoms with Crippen LogP contribution < -0.4 is 10.6 Å². The van der Waals surface area contributed by atoms with E-state index >= 15 is 0 Å². The van der Waals surface area contributed by atoms with Crippen molar-refractivity contribution in [2.24, 2.45) is 0 Å². The molecule has 1 rings (SSSR count). The highest BCUT2D eigenvalue weighted by Crippen LogP contribution is 2.10. The van der Waals surface area contributed by atoms with Crippen LogP contribution in [0.3, 0.4) is 0 Å². The standard InChI is InChI=1S/C12H18N2O3S/c1-8(6-10-4-3-5-18-10)13-7-11(12(16)17)14-9(2)15/h3-5,8,11,13H,6-7H2,1-2H3,(H,14,15)(H,16,17). The molecule has 5 nitrogen and oxygen atoms in total. The van der Waals surface area contributed by atoms with Crippen LogP contribution >= 0.6 is 11.3 Å². The lowest BCUT2D eigenvalue weighted by atomic mass is 10.2. The Kier molecular flexibility index (Phi) is 5.80. The molecule has 3 N–H and O–H groups in total. The van der Waals surface area contributed by atoms with E-state index in [1.165, 1.54) is 11.8 Å². The summed E-state index contributed by atoms with van der Waals surface area (Å²) < 4.78 is 0. The van der Waals surface area contributed by atoms with Crippen LogP contribution in [0.4, 0.5) is 0 Å². The van der Waals surface area contributed by atoms with Gasteiger partial charge in [-0.3, -0.25) is 4.79 Å². The Morgan fingerprint density at radius 3 is 2.72 bits per heavy atom. The number of aliphatic carboxylic acids is 1. The minimum absolute atomic E-state index is 0.166. The lowest BCUT2D eigenvalue weighted by Crippen LogP contribution is -2.48. The van der Waals surface area contributed by atoms with Gasteiger partial charge in [0.05, 0.1) is 0 Å². The molecule has 100 valence electrons. The Hall–Kier alpha value is -1.40. The number of thiophene rings is 1. The van der Waals surface area contributed by atoms with E-state index in [0.717, 1.165) is 6.42 Å². The summed E-state index contributed by atoms with van der Waals surface area (Å²) in [6.45, 7) is 3.53. The molecule has 2 atom stereocenters. The predicted molar refractivity (Wildman–Crippen MR) is 70.7 cm³/mol. The maximum atomic E-state index is 10.9. The monoisotopic (exact) mass is 270 g/mol. The second kappa shape index (κ2) is 7.13. The van der Waals surface area contributed by atoms with Gasteiger partial charge in [0.1, 0.15) is 6.04 Å². The van der Waals surface area contributed by atoms with Crippen molar-refractivity contribution >= 4 is 23.2 Å². The van der Waals surface area contributed by atoms with Crippen molar-refractivity contribution in [3.05, 3.63) is 22.4 Å². The highest BCUT2D eigenvalue weighted by Gasteiger charge is 2.18. The van der Waals surface area contributed by atoms with Gasteiger partial charge >= 0.3 is 5.97 Å². The highest BCUT2D eigenvalue weighted by molar-refractivity contribution is 7.09. The van der Waals surface area contributed by atoms with Crippen molar-refractivity contribution < 1.29 is 14.7 Å². The number of amides is 1. The maximum absolute atomic E-state index is 10.9. The summed E-state index contributed by atoms with van der Waals surface area (Å²) in [7, 11) is 0. The molecule has 1 heterocycles. The highest BCUT2D eigenvalue weighted by atomic mass is 32.1. The van der Waals surface area contributed by atoms with E-state index in [-0.39, 0.29) is 18.5 Å². The van der Waals surface area contributed by atoms with E-state index in [1.54, 1.807) is 11.3 Å². The number of rotatable bonds is 7. The third-order valence-corrected chi connectivity index (χ3v) is 3.33. The van der Waals surface area contributed by atoms with Crippen LogP contribution in [0.25, 0.3) is 0 Å². The zero-order chi connectivity index (χ0) is 13.5. The van der Waals surface area contributed by atoms with Gasteiger partial charge in [0.15, 0.2) is 0 Å². The van der Waals surface area contributed by atoms with Gasteiger partial charge in [-0.1, -0.05) is 6.07 Å². The number of carbonyl (C=O) groups excluding carboxylic acids is 1. The Bertz CT molecular complexity index is 392. The van der Waals surface area contributed by atoms with Crippen LogP contribution in [-0.2, 0) is 16.0 Å². The second-order valence-corrected chi connectivity index (χ2v) is 5.22. The summed E-state index contributed by atoms with van der Waals surface area (Å²) in [5, 5.41) is 16.5. The molecule has 2 unspecified atom stereocenters. The first-order valence-electron chi connectivity index (χ1n) is 5.74. The zero-order valence-electron chi connectivity index (χ0n) is 10.5. The predicted octanol–water partition coefficient (Wildman–Crippen LogP) is 0.858. The molecular weight excluding hydrogens is 252 g/mol. The first kappa shape index (κ1) is 14.7. The Balaban J connectivity index is 2.37. The molecule has 0 saturated heterocycles. The molecule has 0 spiro atoms. The average Bonchev–Trinajstić information content (AvgIpc) is 2.76. The minimum Gasteiger partial charge on any atom is -0.480 e. The summed E-state index contributed by atoms with van der Waals surface area (Å²) in [4.78, 5) is 23.0. The van der Waals surface area contributed by atoms with Gasteiger partial charge in [0, 0.05) is 24.4 Å². The van der Waals surface area contributed by atoms with Crippen molar-refractivity contribution in [3.8, 4) is 0 Å². The Morgan fingerprint density at radius 1 is 1.50 bits per heavy atom. The molecule has 6 heteroatoms. The molecule has 0 saturated carbocycles. The van der Waals surface area contributed by atoms with Crippen LogP contribution in [0.1, 0.15) is 18.7 Å². The molecule has 1 aromatic heterocycles. The molecule has 0 aliphatic heterocycles. The first-order valence-corrected chi connectivity index (χ1v) is 6.62. The molecule has 0 fully saturated rings. The lowest BCUT2D eigenvalue weighted by molar-refractivity contribution is -0.141. The van der Waals surface area contributed by atoms with E-state index < -0.39 is 12.0 Å². The van der Waals surface area contributed by atoms with E-state index in [1.807, 2.05) is 24.4 Å². The van der Waals surface area contributed by atoms with Crippen molar-refractivity contribution in [1.29, 1.82) is 0 Å². The second-order valence-electron chi connectivity index (χ2n) is 4.18. The summed E-state index contributed by atoms with van der Waals surface area (Å²) in [5.74, 6) is -1.36. The van der Waals surface area contributed by atoms with Crippen LogP contribution in [-0.4, -0.2) is 35.6 Å². The number of hydrogen-bond acceptors (Lipinski definition) is 4. The minimum atomic E-state index is -1.03. The van der Waals surface area contributed by atoms with E-state index in [0.29, 0.717) is 0 Å². The van der Waals surface area contributed by atoms with Crippen LogP contribution in [0.2, 0.25) is 0 Å². The fourth-order valence-electron chi connectivity index (χ4n) is 1.57. The fourth-order valence-corrected chi connectivity index (χ4v) is 2.40. The molecular formula is C12H18N2O3S. The van der Waals surface area contributed by atoms with Gasteiger partial charge < -0.3 is 15.7 Å². The maximum Gasteiger partial charge on any atom is 0.327 e. The molecule has 1 aromatic rings. The van der Waals surface area contributed by atoms with Crippen molar-refractivity contribution in [2.75, 3.05) is 6.54 Å². The van der Waals surface area contributed by atoms with Crippen LogP contribution in [0, 0.1) is 0 Å². The van der Waals surface area contributed by atoms with Gasteiger partial charge in [-0.25, -0.2) is 4.79 Å². The summed E-state index contributed by atoms with van der Waals surface area (Å²) in [5.41, 5.74) is 0. The van der Waals surface area contributed by atoms with Gasteiger partial charge in [-0.05, 0) is 24.8 Å². The Labute approximate surface area is 110 Å². The largest absolute Gasteiger partial charge is 0.480 e. The van der Waals surface area contributed by atoms with E-state index in [9.17, 15) is 9.59 Å². The fraction of sp³-hybridized carbons (Fsp3) is 0.500. The lowest BCUT2D eigenvalue weighted by Gasteiger charge is -2.18. The quantitative estimate of drug-likeness (QED) is 0.686. The molecule has 0 radical (unpaired) electrons. The molecule has 1 amide bonds. The SMILES string of the molecule is CC(=O)NC(CNC(C)Cc1cccs1)C(=O)O. The summed E-state index contributed by atoms with van der Waals surface area (Å²) in [6.07, 6.45) is 0.851. The normalized spacial score (nSPS) is 13.9. The molecule has 0 aromatic carbocycles. The number of carboxylic acids is 1. The third kappa shape index (κ3) is 5.29. The number of carbonyl (C=O) groups is 2. The summed E-state index contributed by atoms with van der Waals surface area (Å²) in [6, 6.07) is 3.32. The third-order valence-electron chi connectivity index (χ3n) is 2.43. The van der Waals surface area contributed by atoms with Gasteiger partial charge in [0.25, 0.3) is 0 Å². The zero-order valence-corrected chi connectivity index (χ0v) is 11.3. The number of hydrogen-bond donors (Lipinski definition) is 3. The van der Waals surface area contributed by atoms with E-state index in [4.69, 9.17) is 5.11 Å². The number of carboxylic acid groups (broad SMARTS) is 1. The molecule has 0 bridgehead atoms. The van der Waals surface area contributed by atoms with Gasteiger partial charge in [-0.15, -0.1) is 11.3 Å². The molecule has 0 aliphatic rings. The molecule has 18 heavy (non-hydrogen) atoms. The Morgan fingerprint density at radius 2 is 2.22 bits per heavy atom. The van der Waals surface area contributed by atoms with Crippen LogP contribution in [0.5, 0.6) is 0 Å². The van der Waals surface area contributed by atoms with Crippen LogP contribution in [0.15, 0.2) is 17.5 Å². The van der Waals surface area contributed by atoms with Gasteiger partial charge in [-0.2, -0.15) is 0 Å². The number of nitrogens with one attached hydrogen (secondary N) is 2. The smallest absolute Gasteiger partial charge is 0.327 e. The van der Waals surface area contributed by atoms with Crippen molar-refractivity contribution in [2.45, 2.75) is 32.4 Å². The topological polar surface area (TPSA) is 78.4 Å². The first-order chi connectivity index (χ1) is 8.49. The average molecular weight is 270 g/mol. The van der Waals surface area contributed by atoms with E-state index in [2.05, 4.69) is 10.6 Å². The van der Waals surface area contributed by atoms with Crippen molar-refractivity contribution in [1.82, 2.24) is 10.6 Å². The summed E-state index contributed by atoms with van der Waals surface area (Å²) >= 11 is 1.68. The van der Waals surface area contributed by atoms with Gasteiger partial charge in [0.2, 0.25) is 5.91 Å².